The lowest BCUT2D eigenvalue weighted by Crippen LogP contribution is -2.43. The molecule has 3 aromatic carbocycles. The second-order valence-electron chi connectivity index (χ2n) is 7.56. The van der Waals surface area contributed by atoms with Gasteiger partial charge in [0.25, 0.3) is 0 Å². The van der Waals surface area contributed by atoms with Crippen molar-refractivity contribution in [2.75, 3.05) is 6.61 Å². The van der Waals surface area contributed by atoms with Crippen LogP contribution >= 0.6 is 27.5 Å². The molecule has 2 atom stereocenters. The molecular weight excluding hydrogens is 478 g/mol. The Kier molecular flexibility index (Phi) is 6.73. The first-order chi connectivity index (χ1) is 15.0. The Balaban J connectivity index is 1.63. The van der Waals surface area contributed by atoms with Gasteiger partial charge in [0.1, 0.15) is 6.61 Å². The number of amides is 2. The van der Waals surface area contributed by atoms with Gasteiger partial charge >= 0.3 is 6.09 Å². The van der Waals surface area contributed by atoms with Crippen molar-refractivity contribution in [3.8, 4) is 0 Å². The number of hydrogen-bond donors (Lipinski definition) is 0. The van der Waals surface area contributed by atoms with E-state index in [1.54, 1.807) is 0 Å². The first-order valence-electron chi connectivity index (χ1n) is 10.0. The fourth-order valence-electron chi connectivity index (χ4n) is 3.83. The Morgan fingerprint density at radius 1 is 1.00 bits per heavy atom. The average molecular weight is 499 g/mol. The molecule has 0 N–H and O–H groups in total. The third kappa shape index (κ3) is 5.17. The zero-order chi connectivity index (χ0) is 21.8. The van der Waals surface area contributed by atoms with Gasteiger partial charge in [-0.05, 0) is 53.8 Å². The lowest BCUT2D eigenvalue weighted by molar-refractivity contribution is -0.130. The van der Waals surface area contributed by atoms with Crippen LogP contribution in [0.1, 0.15) is 22.6 Å². The van der Waals surface area contributed by atoms with Crippen LogP contribution in [-0.2, 0) is 22.4 Å². The second-order valence-corrected chi connectivity index (χ2v) is 8.92. The van der Waals surface area contributed by atoms with Gasteiger partial charge in [0.15, 0.2) is 0 Å². The van der Waals surface area contributed by atoms with E-state index in [0.29, 0.717) is 17.9 Å². The highest BCUT2D eigenvalue weighted by Crippen LogP contribution is 2.29. The molecule has 31 heavy (non-hydrogen) atoms. The van der Waals surface area contributed by atoms with Crippen LogP contribution in [-0.4, -0.2) is 29.5 Å². The molecule has 0 aliphatic carbocycles. The molecule has 0 saturated carbocycles. The molecule has 4 rings (SSSR count). The van der Waals surface area contributed by atoms with Gasteiger partial charge < -0.3 is 4.74 Å². The lowest BCUT2D eigenvalue weighted by atomic mass is 9.90. The monoisotopic (exact) mass is 497 g/mol. The molecule has 6 heteroatoms. The van der Waals surface area contributed by atoms with E-state index in [4.69, 9.17) is 16.3 Å². The average Bonchev–Trinajstić information content (AvgIpc) is 3.14. The third-order valence-electron chi connectivity index (χ3n) is 5.44. The first kappa shape index (κ1) is 21.6. The van der Waals surface area contributed by atoms with Crippen LogP contribution in [0.4, 0.5) is 4.79 Å². The van der Waals surface area contributed by atoms with E-state index < -0.39 is 12.0 Å². The molecule has 0 bridgehead atoms. The molecular formula is C25H21BrClNO3. The number of cyclic esters (lactones) is 1. The standard InChI is InChI=1S/C25H21BrClNO3/c26-20-10-8-19(9-11-20)23(15-18-6-12-21(27)13-7-18)24(29)28-22(16-31-25(28)30)14-17-4-2-1-3-5-17/h1-13,22-23H,14-16H2/t22-,23-/m1/s1. The quantitative estimate of drug-likeness (QED) is 0.417. The SMILES string of the molecule is O=C1OC[C@@H](Cc2ccccc2)N1C(=O)[C@H](Cc1ccc(Cl)cc1)c1ccc(Br)cc1. The number of nitrogens with zero attached hydrogens (tertiary/aromatic N) is 1. The van der Waals surface area contributed by atoms with Crippen molar-refractivity contribution in [3.05, 3.63) is 105 Å². The summed E-state index contributed by atoms with van der Waals surface area (Å²) in [5, 5.41) is 0.640. The van der Waals surface area contributed by atoms with Crippen LogP contribution in [0.15, 0.2) is 83.3 Å². The Bertz CT molecular complexity index is 1050. The molecule has 3 aromatic rings. The summed E-state index contributed by atoms with van der Waals surface area (Å²) in [7, 11) is 0. The van der Waals surface area contributed by atoms with Gasteiger partial charge in [0.2, 0.25) is 5.91 Å². The number of rotatable bonds is 6. The molecule has 1 heterocycles. The summed E-state index contributed by atoms with van der Waals surface area (Å²) in [4.78, 5) is 27.6. The maximum absolute atomic E-state index is 13.7. The van der Waals surface area contributed by atoms with Gasteiger partial charge in [0.05, 0.1) is 12.0 Å². The van der Waals surface area contributed by atoms with Crippen LogP contribution < -0.4 is 0 Å². The summed E-state index contributed by atoms with van der Waals surface area (Å²) < 4.78 is 6.21. The zero-order valence-corrected chi connectivity index (χ0v) is 19.1. The van der Waals surface area contributed by atoms with Gasteiger partial charge in [0, 0.05) is 9.50 Å². The molecule has 1 fully saturated rings. The van der Waals surface area contributed by atoms with E-state index >= 15 is 0 Å². The zero-order valence-electron chi connectivity index (χ0n) is 16.7. The second kappa shape index (κ2) is 9.67. The van der Waals surface area contributed by atoms with Gasteiger partial charge in [-0.25, -0.2) is 9.69 Å². The van der Waals surface area contributed by atoms with Crippen molar-refractivity contribution in [2.45, 2.75) is 24.8 Å². The largest absolute Gasteiger partial charge is 0.447 e. The van der Waals surface area contributed by atoms with Crippen LogP contribution in [0.3, 0.4) is 0 Å². The van der Waals surface area contributed by atoms with E-state index in [1.165, 1.54) is 4.90 Å². The molecule has 1 saturated heterocycles. The number of benzene rings is 3. The Hall–Kier alpha value is -2.63. The number of hydrogen-bond acceptors (Lipinski definition) is 3. The van der Waals surface area contributed by atoms with E-state index in [2.05, 4.69) is 15.9 Å². The summed E-state index contributed by atoms with van der Waals surface area (Å²) in [5.74, 6) is -0.765. The molecule has 0 aromatic heterocycles. The molecule has 158 valence electrons. The molecule has 2 amide bonds. The minimum absolute atomic E-state index is 0.202. The van der Waals surface area contributed by atoms with Gasteiger partial charge in [-0.1, -0.05) is 82.1 Å². The van der Waals surface area contributed by atoms with E-state index in [0.717, 1.165) is 21.2 Å². The molecule has 0 unspecified atom stereocenters. The van der Waals surface area contributed by atoms with E-state index in [1.807, 2.05) is 78.9 Å². The van der Waals surface area contributed by atoms with Gasteiger partial charge in [-0.3, -0.25) is 4.79 Å². The van der Waals surface area contributed by atoms with E-state index in [9.17, 15) is 9.59 Å². The normalized spacial score (nSPS) is 16.8. The number of ether oxygens (including phenoxy) is 1. The predicted octanol–water partition coefficient (Wildman–Crippen LogP) is 6.02. The van der Waals surface area contributed by atoms with Crippen LogP contribution in [0, 0.1) is 0 Å². The Morgan fingerprint density at radius 3 is 2.35 bits per heavy atom. The summed E-state index contributed by atoms with van der Waals surface area (Å²) in [6, 6.07) is 24.6. The highest BCUT2D eigenvalue weighted by atomic mass is 79.9. The van der Waals surface area contributed by atoms with Crippen molar-refractivity contribution >= 4 is 39.5 Å². The van der Waals surface area contributed by atoms with Crippen molar-refractivity contribution in [2.24, 2.45) is 0 Å². The summed E-state index contributed by atoms with van der Waals surface area (Å²) in [5.41, 5.74) is 2.88. The Labute approximate surface area is 194 Å². The molecule has 0 radical (unpaired) electrons. The van der Waals surface area contributed by atoms with Gasteiger partial charge in [-0.15, -0.1) is 0 Å². The van der Waals surface area contributed by atoms with E-state index in [-0.39, 0.29) is 18.6 Å². The van der Waals surface area contributed by atoms with Crippen molar-refractivity contribution in [1.29, 1.82) is 0 Å². The van der Waals surface area contributed by atoms with Crippen LogP contribution in [0.2, 0.25) is 5.02 Å². The number of carbonyl (C=O) groups is 2. The fraction of sp³-hybridized carbons (Fsp3) is 0.200. The maximum atomic E-state index is 13.7. The first-order valence-corrected chi connectivity index (χ1v) is 11.2. The van der Waals surface area contributed by atoms with Crippen molar-refractivity contribution in [1.82, 2.24) is 4.90 Å². The summed E-state index contributed by atoms with van der Waals surface area (Å²) in [6.45, 7) is 0.202. The minimum atomic E-state index is -0.579. The lowest BCUT2D eigenvalue weighted by Gasteiger charge is -2.25. The third-order valence-corrected chi connectivity index (χ3v) is 6.22. The summed E-state index contributed by atoms with van der Waals surface area (Å²) >= 11 is 9.47. The Morgan fingerprint density at radius 2 is 1.68 bits per heavy atom. The van der Waals surface area contributed by atoms with Crippen molar-refractivity contribution in [3.63, 3.8) is 0 Å². The smallest absolute Gasteiger partial charge is 0.417 e. The van der Waals surface area contributed by atoms with Crippen LogP contribution in [0.5, 0.6) is 0 Å². The minimum Gasteiger partial charge on any atom is -0.447 e. The molecule has 1 aliphatic heterocycles. The van der Waals surface area contributed by atoms with Gasteiger partial charge in [-0.2, -0.15) is 0 Å². The topological polar surface area (TPSA) is 46.6 Å². The molecule has 4 nitrogen and oxygen atoms in total. The summed E-state index contributed by atoms with van der Waals surface area (Å²) in [6.07, 6.45) is 0.440. The van der Waals surface area contributed by atoms with Crippen LogP contribution in [0.25, 0.3) is 0 Å². The molecule has 1 aliphatic rings. The number of carbonyl (C=O) groups excluding carboxylic acids is 2. The fourth-order valence-corrected chi connectivity index (χ4v) is 4.22. The predicted molar refractivity (Wildman–Crippen MR) is 124 cm³/mol. The highest BCUT2D eigenvalue weighted by molar-refractivity contribution is 9.10. The number of imide groups is 1. The maximum Gasteiger partial charge on any atom is 0.417 e. The van der Waals surface area contributed by atoms with Crippen molar-refractivity contribution < 1.29 is 14.3 Å². The molecule has 0 spiro atoms. The highest BCUT2D eigenvalue weighted by Gasteiger charge is 2.41. The number of halogens is 2.